The minimum Gasteiger partial charge on any atom is -0.353 e. The highest BCUT2D eigenvalue weighted by Crippen LogP contribution is 2.24. The van der Waals surface area contributed by atoms with Gasteiger partial charge in [-0.3, -0.25) is 4.79 Å². The Hall–Kier alpha value is -3.23. The summed E-state index contributed by atoms with van der Waals surface area (Å²) in [6.07, 6.45) is 5.11. The fraction of sp³-hybridized carbons (Fsp3) is 0.450. The van der Waals surface area contributed by atoms with Gasteiger partial charge in [-0.2, -0.15) is 5.10 Å². The van der Waals surface area contributed by atoms with Gasteiger partial charge >= 0.3 is 0 Å². The van der Waals surface area contributed by atoms with E-state index >= 15 is 0 Å². The van der Waals surface area contributed by atoms with Crippen molar-refractivity contribution >= 4 is 28.6 Å². The average Bonchev–Trinajstić information content (AvgIpc) is 3.10. The number of carbonyl (C=O) groups is 1. The summed E-state index contributed by atoms with van der Waals surface area (Å²) in [6, 6.07) is 5.97. The largest absolute Gasteiger partial charge is 0.353 e. The van der Waals surface area contributed by atoms with Gasteiger partial charge in [-0.1, -0.05) is 6.07 Å². The van der Waals surface area contributed by atoms with Crippen LogP contribution in [-0.2, 0) is 11.3 Å². The number of carbonyl (C=O) groups excluding carboxylic acids is 1. The molecule has 3 aromatic heterocycles. The maximum Gasteiger partial charge on any atom is 0.242 e. The number of rotatable bonds is 4. The summed E-state index contributed by atoms with van der Waals surface area (Å²) in [4.78, 5) is 30.1. The molecule has 1 amide bonds. The van der Waals surface area contributed by atoms with Crippen LogP contribution in [0.2, 0.25) is 0 Å². The highest BCUT2D eigenvalue weighted by atomic mass is 16.2. The standard InChI is InChI=1S/C20H26N8O/c1-20(2,3)25-17(29)13-28-19-15(12-24-28)18(22-14-23-19)27-10-8-26(9-11-27)16-6-4-5-7-21-16/h4-7,12,14H,8-11,13H2,1-3H3,(H,25,29). The number of amides is 1. The quantitative estimate of drug-likeness (QED) is 0.716. The molecule has 0 saturated carbocycles. The third kappa shape index (κ3) is 4.28. The summed E-state index contributed by atoms with van der Waals surface area (Å²) in [5.41, 5.74) is 0.388. The molecular formula is C20H26N8O. The van der Waals surface area contributed by atoms with Crippen molar-refractivity contribution in [1.82, 2.24) is 30.0 Å². The zero-order valence-electron chi connectivity index (χ0n) is 17.0. The summed E-state index contributed by atoms with van der Waals surface area (Å²) in [5.74, 6) is 1.77. The van der Waals surface area contributed by atoms with E-state index in [0.29, 0.717) is 5.65 Å². The van der Waals surface area contributed by atoms with Gasteiger partial charge in [0.2, 0.25) is 5.91 Å². The number of anilines is 2. The number of piperazine rings is 1. The average molecular weight is 394 g/mol. The first-order valence-corrected chi connectivity index (χ1v) is 9.79. The minimum absolute atomic E-state index is 0.0911. The second-order valence-electron chi connectivity index (χ2n) is 8.20. The van der Waals surface area contributed by atoms with E-state index in [-0.39, 0.29) is 18.0 Å². The lowest BCUT2D eigenvalue weighted by Gasteiger charge is -2.36. The third-order valence-electron chi connectivity index (χ3n) is 4.77. The highest BCUT2D eigenvalue weighted by Gasteiger charge is 2.22. The third-order valence-corrected chi connectivity index (χ3v) is 4.77. The van der Waals surface area contributed by atoms with Gasteiger partial charge in [-0.05, 0) is 32.9 Å². The summed E-state index contributed by atoms with van der Waals surface area (Å²) in [6.45, 7) is 9.39. The van der Waals surface area contributed by atoms with Crippen LogP contribution in [0, 0.1) is 0 Å². The molecule has 1 aliphatic rings. The number of aromatic nitrogens is 5. The second kappa shape index (κ2) is 7.65. The predicted octanol–water partition coefficient (Wildman–Crippen LogP) is 1.46. The van der Waals surface area contributed by atoms with Crippen molar-refractivity contribution in [1.29, 1.82) is 0 Å². The predicted molar refractivity (Wildman–Crippen MR) is 112 cm³/mol. The lowest BCUT2D eigenvalue weighted by Crippen LogP contribution is -2.47. The Balaban J connectivity index is 1.49. The molecule has 1 saturated heterocycles. The number of hydrogen-bond acceptors (Lipinski definition) is 7. The molecule has 0 unspecified atom stereocenters. The Morgan fingerprint density at radius 2 is 1.83 bits per heavy atom. The summed E-state index contributed by atoms with van der Waals surface area (Å²) >= 11 is 0. The van der Waals surface area contributed by atoms with Gasteiger partial charge in [-0.15, -0.1) is 0 Å². The normalized spacial score (nSPS) is 15.0. The van der Waals surface area contributed by atoms with Crippen LogP contribution >= 0.6 is 0 Å². The molecule has 1 fully saturated rings. The van der Waals surface area contributed by atoms with E-state index in [1.54, 1.807) is 17.2 Å². The van der Waals surface area contributed by atoms with Gasteiger partial charge < -0.3 is 15.1 Å². The molecule has 0 bridgehead atoms. The van der Waals surface area contributed by atoms with Crippen LogP contribution in [0.1, 0.15) is 20.8 Å². The van der Waals surface area contributed by atoms with Crippen molar-refractivity contribution in [3.05, 3.63) is 36.9 Å². The fourth-order valence-electron chi connectivity index (χ4n) is 3.53. The monoisotopic (exact) mass is 394 g/mol. The molecule has 9 heteroatoms. The van der Waals surface area contributed by atoms with E-state index in [1.165, 1.54) is 0 Å². The lowest BCUT2D eigenvalue weighted by atomic mass is 10.1. The van der Waals surface area contributed by atoms with Crippen molar-refractivity contribution in [2.45, 2.75) is 32.9 Å². The molecular weight excluding hydrogens is 368 g/mol. The van der Waals surface area contributed by atoms with Crippen LogP contribution in [0.4, 0.5) is 11.6 Å². The Kier molecular flexibility index (Phi) is 5.04. The van der Waals surface area contributed by atoms with E-state index in [0.717, 1.165) is 43.2 Å². The molecule has 1 aliphatic heterocycles. The molecule has 0 radical (unpaired) electrons. The van der Waals surface area contributed by atoms with Crippen molar-refractivity contribution in [2.75, 3.05) is 36.0 Å². The molecule has 29 heavy (non-hydrogen) atoms. The Morgan fingerprint density at radius 3 is 2.52 bits per heavy atom. The van der Waals surface area contributed by atoms with Crippen LogP contribution in [-0.4, -0.2) is 62.4 Å². The van der Waals surface area contributed by atoms with E-state index in [4.69, 9.17) is 0 Å². The van der Waals surface area contributed by atoms with Crippen LogP contribution in [0.25, 0.3) is 11.0 Å². The van der Waals surface area contributed by atoms with Gasteiger partial charge in [-0.25, -0.2) is 19.6 Å². The van der Waals surface area contributed by atoms with E-state index in [2.05, 4.69) is 35.2 Å². The zero-order chi connectivity index (χ0) is 20.4. The van der Waals surface area contributed by atoms with Gasteiger partial charge in [0.1, 0.15) is 24.5 Å². The lowest BCUT2D eigenvalue weighted by molar-refractivity contribution is -0.123. The molecule has 0 spiro atoms. The SMILES string of the molecule is CC(C)(C)NC(=O)Cn1ncc2c(N3CCN(c4ccccn4)CC3)ncnc21. The van der Waals surface area contributed by atoms with Crippen LogP contribution < -0.4 is 15.1 Å². The molecule has 4 rings (SSSR count). The van der Waals surface area contributed by atoms with Crippen molar-refractivity contribution < 1.29 is 4.79 Å². The van der Waals surface area contributed by atoms with Crippen molar-refractivity contribution in [3.63, 3.8) is 0 Å². The van der Waals surface area contributed by atoms with E-state index < -0.39 is 0 Å². The second-order valence-corrected chi connectivity index (χ2v) is 8.20. The Labute approximate surface area is 169 Å². The highest BCUT2D eigenvalue weighted by molar-refractivity contribution is 5.88. The molecule has 3 aromatic rings. The molecule has 0 aliphatic carbocycles. The number of hydrogen-bond donors (Lipinski definition) is 1. The van der Waals surface area contributed by atoms with Gasteiger partial charge in [0, 0.05) is 37.9 Å². The number of nitrogens with one attached hydrogen (secondary N) is 1. The molecule has 4 heterocycles. The molecule has 1 N–H and O–H groups in total. The summed E-state index contributed by atoms with van der Waals surface area (Å²) in [5, 5.41) is 8.21. The number of pyridine rings is 1. The van der Waals surface area contributed by atoms with E-state index in [9.17, 15) is 4.79 Å². The van der Waals surface area contributed by atoms with Crippen molar-refractivity contribution in [3.8, 4) is 0 Å². The van der Waals surface area contributed by atoms with E-state index in [1.807, 2.05) is 45.2 Å². The summed E-state index contributed by atoms with van der Waals surface area (Å²) < 4.78 is 1.63. The molecule has 9 nitrogen and oxygen atoms in total. The zero-order valence-corrected chi connectivity index (χ0v) is 17.0. The number of fused-ring (bicyclic) bond motifs is 1. The maximum absolute atomic E-state index is 12.3. The Morgan fingerprint density at radius 1 is 1.07 bits per heavy atom. The minimum atomic E-state index is -0.284. The van der Waals surface area contributed by atoms with Crippen molar-refractivity contribution in [2.24, 2.45) is 0 Å². The smallest absolute Gasteiger partial charge is 0.242 e. The summed E-state index contributed by atoms with van der Waals surface area (Å²) in [7, 11) is 0. The van der Waals surface area contributed by atoms with Gasteiger partial charge in [0.15, 0.2) is 5.65 Å². The van der Waals surface area contributed by atoms with Gasteiger partial charge in [0.05, 0.1) is 11.6 Å². The number of nitrogens with zero attached hydrogens (tertiary/aromatic N) is 7. The van der Waals surface area contributed by atoms with Gasteiger partial charge in [0.25, 0.3) is 0 Å². The van der Waals surface area contributed by atoms with Crippen LogP contribution in [0.15, 0.2) is 36.9 Å². The van der Waals surface area contributed by atoms with Crippen LogP contribution in [0.5, 0.6) is 0 Å². The molecule has 152 valence electrons. The first kappa shape index (κ1) is 19.1. The van der Waals surface area contributed by atoms with Crippen LogP contribution in [0.3, 0.4) is 0 Å². The topological polar surface area (TPSA) is 92.1 Å². The Bertz CT molecular complexity index is 987. The maximum atomic E-state index is 12.3. The fourth-order valence-corrected chi connectivity index (χ4v) is 3.53. The first-order valence-electron chi connectivity index (χ1n) is 9.79. The molecule has 0 atom stereocenters. The first-order chi connectivity index (χ1) is 13.9. The molecule has 0 aromatic carbocycles.